The SMILES string of the molecule is Cn1cc(-c2cn3nc4c5ncc(C(=O)NCCN6CCCC(F)(F)C6)cc5[nH]c(=O)c4c3s2)cn1. The van der Waals surface area contributed by atoms with E-state index in [-0.39, 0.29) is 36.5 Å². The van der Waals surface area contributed by atoms with Crippen LogP contribution in [0.25, 0.3) is 37.2 Å². The summed E-state index contributed by atoms with van der Waals surface area (Å²) in [6, 6.07) is 1.56. The van der Waals surface area contributed by atoms with Crippen molar-refractivity contribution in [1.29, 1.82) is 0 Å². The molecule has 0 atom stereocenters. The van der Waals surface area contributed by atoms with E-state index in [0.29, 0.717) is 46.3 Å². The number of halogens is 2. The number of H-pyrrole nitrogens is 1. The maximum atomic E-state index is 13.6. The molecule has 13 heteroatoms. The number of carbonyl (C=O) groups is 1. The third kappa shape index (κ3) is 4.03. The van der Waals surface area contributed by atoms with Crippen LogP contribution in [0.1, 0.15) is 23.2 Å². The number of pyridine rings is 2. The van der Waals surface area contributed by atoms with Gasteiger partial charge in [-0.1, -0.05) is 0 Å². The van der Waals surface area contributed by atoms with Crippen LogP contribution in [0.15, 0.2) is 35.6 Å². The number of likely N-dealkylation sites (tertiary alicyclic amines) is 1. The minimum Gasteiger partial charge on any atom is -0.351 e. The van der Waals surface area contributed by atoms with E-state index in [1.165, 1.54) is 17.5 Å². The number of nitrogens with zero attached hydrogens (tertiary/aromatic N) is 6. The minimum absolute atomic E-state index is 0.0928. The number of aromatic amines is 1. The molecular formula is C23H22F2N8O2S. The third-order valence-corrected chi connectivity index (χ3v) is 7.48. The van der Waals surface area contributed by atoms with Crippen molar-refractivity contribution in [3.8, 4) is 10.4 Å². The van der Waals surface area contributed by atoms with Crippen molar-refractivity contribution in [2.45, 2.75) is 18.8 Å². The van der Waals surface area contributed by atoms with Crippen molar-refractivity contribution >= 4 is 44.0 Å². The Morgan fingerprint density at radius 3 is 2.92 bits per heavy atom. The van der Waals surface area contributed by atoms with Crippen molar-refractivity contribution in [2.24, 2.45) is 7.05 Å². The van der Waals surface area contributed by atoms with Crippen LogP contribution in [0, 0.1) is 0 Å². The molecule has 0 saturated carbocycles. The summed E-state index contributed by atoms with van der Waals surface area (Å²) < 4.78 is 30.5. The molecule has 10 nitrogen and oxygen atoms in total. The van der Waals surface area contributed by atoms with Crippen LogP contribution in [0.2, 0.25) is 0 Å². The molecule has 6 heterocycles. The largest absolute Gasteiger partial charge is 0.351 e. The van der Waals surface area contributed by atoms with E-state index in [1.807, 2.05) is 19.4 Å². The van der Waals surface area contributed by atoms with E-state index in [0.717, 1.165) is 10.4 Å². The Morgan fingerprint density at radius 1 is 1.28 bits per heavy atom. The molecule has 6 rings (SSSR count). The maximum Gasteiger partial charge on any atom is 0.261 e. The zero-order valence-corrected chi connectivity index (χ0v) is 20.1. The minimum atomic E-state index is -2.68. The van der Waals surface area contributed by atoms with Crippen LogP contribution in [0.3, 0.4) is 0 Å². The molecule has 0 aromatic carbocycles. The number of aryl methyl sites for hydroxylation is 1. The second-order valence-corrected chi connectivity index (χ2v) is 10.1. The molecule has 0 bridgehead atoms. The second kappa shape index (κ2) is 8.45. The van der Waals surface area contributed by atoms with E-state index < -0.39 is 5.92 Å². The summed E-state index contributed by atoms with van der Waals surface area (Å²) in [5, 5.41) is 12.0. The Balaban J connectivity index is 1.25. The van der Waals surface area contributed by atoms with E-state index in [4.69, 9.17) is 0 Å². The number of hydrogen-bond acceptors (Lipinski definition) is 7. The molecule has 186 valence electrons. The van der Waals surface area contributed by atoms with Gasteiger partial charge in [-0.25, -0.2) is 13.3 Å². The lowest BCUT2D eigenvalue weighted by Crippen LogP contribution is -2.45. The fourth-order valence-corrected chi connectivity index (χ4v) is 5.69. The molecule has 2 N–H and O–H groups in total. The van der Waals surface area contributed by atoms with Gasteiger partial charge in [-0.2, -0.15) is 10.2 Å². The molecule has 0 aliphatic carbocycles. The quantitative estimate of drug-likeness (QED) is 0.374. The first-order valence-corrected chi connectivity index (χ1v) is 12.3. The summed E-state index contributed by atoms with van der Waals surface area (Å²) >= 11 is 1.44. The zero-order valence-electron chi connectivity index (χ0n) is 19.3. The number of piperidine rings is 1. The molecule has 36 heavy (non-hydrogen) atoms. The van der Waals surface area contributed by atoms with Gasteiger partial charge in [-0.3, -0.25) is 24.2 Å². The van der Waals surface area contributed by atoms with Gasteiger partial charge >= 0.3 is 0 Å². The van der Waals surface area contributed by atoms with Crippen molar-refractivity contribution in [2.75, 3.05) is 26.2 Å². The number of amides is 1. The van der Waals surface area contributed by atoms with E-state index in [1.54, 1.807) is 26.4 Å². The average molecular weight is 513 g/mol. The molecule has 0 unspecified atom stereocenters. The number of hydrogen-bond donors (Lipinski definition) is 2. The van der Waals surface area contributed by atoms with Crippen molar-refractivity contribution in [1.82, 2.24) is 39.6 Å². The van der Waals surface area contributed by atoms with Crippen LogP contribution >= 0.6 is 11.3 Å². The molecule has 1 fully saturated rings. The molecular weight excluding hydrogens is 490 g/mol. The predicted octanol–water partition coefficient (Wildman–Crippen LogP) is 2.65. The number of alkyl halides is 2. The summed E-state index contributed by atoms with van der Waals surface area (Å²) in [4.78, 5) is 36.2. The fraction of sp³-hybridized carbons (Fsp3) is 0.348. The standard InChI is InChI=1S/C23H22F2N8O2S/c1-31-10-14(9-28-31)16-11-33-22(36-16)17-19(30-33)18-15(29-21(17)35)7-13(8-27-18)20(34)26-4-6-32-5-2-3-23(24,25)12-32/h7-11H,2-6,12H2,1H3,(H,26,34)(H,29,35). The molecule has 1 amide bonds. The van der Waals surface area contributed by atoms with Crippen LogP contribution in [0.5, 0.6) is 0 Å². The number of thiazole rings is 1. The Morgan fingerprint density at radius 2 is 2.14 bits per heavy atom. The zero-order chi connectivity index (χ0) is 25.0. The average Bonchev–Trinajstić information content (AvgIpc) is 3.52. The summed E-state index contributed by atoms with van der Waals surface area (Å²) in [6.07, 6.45) is 7.27. The van der Waals surface area contributed by atoms with Crippen LogP contribution in [-0.4, -0.2) is 72.3 Å². The van der Waals surface area contributed by atoms with Gasteiger partial charge in [0.15, 0.2) is 0 Å². The van der Waals surface area contributed by atoms with Crippen molar-refractivity contribution < 1.29 is 13.6 Å². The third-order valence-electron chi connectivity index (χ3n) is 6.34. The molecule has 1 aliphatic rings. The first kappa shape index (κ1) is 22.7. The molecule has 1 saturated heterocycles. The lowest BCUT2D eigenvalue weighted by atomic mass is 10.1. The Hall–Kier alpha value is -3.71. The predicted molar refractivity (Wildman–Crippen MR) is 132 cm³/mol. The molecule has 0 radical (unpaired) electrons. The summed E-state index contributed by atoms with van der Waals surface area (Å²) in [5.74, 6) is -3.06. The summed E-state index contributed by atoms with van der Waals surface area (Å²) in [7, 11) is 1.84. The highest BCUT2D eigenvalue weighted by molar-refractivity contribution is 7.21. The molecule has 0 spiro atoms. The van der Waals surface area contributed by atoms with Gasteiger partial charge in [0.25, 0.3) is 17.4 Å². The number of aromatic nitrogens is 6. The van der Waals surface area contributed by atoms with Crippen molar-refractivity contribution in [3.63, 3.8) is 0 Å². The van der Waals surface area contributed by atoms with Crippen molar-refractivity contribution in [3.05, 3.63) is 46.8 Å². The van der Waals surface area contributed by atoms with Gasteiger partial charge in [0.2, 0.25) is 0 Å². The molecule has 5 aromatic rings. The number of rotatable bonds is 5. The van der Waals surface area contributed by atoms with Gasteiger partial charge in [0.05, 0.1) is 28.7 Å². The first-order chi connectivity index (χ1) is 17.3. The van der Waals surface area contributed by atoms with Gasteiger partial charge < -0.3 is 10.3 Å². The fourth-order valence-electron chi connectivity index (χ4n) is 4.62. The van der Waals surface area contributed by atoms with Gasteiger partial charge in [-0.05, 0) is 19.0 Å². The lowest BCUT2D eigenvalue weighted by molar-refractivity contribution is -0.0632. The highest BCUT2D eigenvalue weighted by Gasteiger charge is 2.34. The number of carbonyl (C=O) groups excluding carboxylic acids is 1. The van der Waals surface area contributed by atoms with E-state index in [9.17, 15) is 18.4 Å². The number of nitrogens with one attached hydrogen (secondary N) is 2. The Kier molecular flexibility index (Phi) is 5.34. The van der Waals surface area contributed by atoms with Crippen LogP contribution in [-0.2, 0) is 7.05 Å². The van der Waals surface area contributed by atoms with Gasteiger partial charge in [-0.15, -0.1) is 11.3 Å². The number of fused-ring (bicyclic) bond motifs is 5. The van der Waals surface area contributed by atoms with E-state index >= 15 is 0 Å². The van der Waals surface area contributed by atoms with Gasteiger partial charge in [0, 0.05) is 50.7 Å². The smallest absolute Gasteiger partial charge is 0.261 e. The molecule has 1 aliphatic heterocycles. The van der Waals surface area contributed by atoms with Crippen LogP contribution < -0.4 is 10.9 Å². The first-order valence-electron chi connectivity index (χ1n) is 11.5. The Bertz CT molecular complexity index is 1680. The summed E-state index contributed by atoms with van der Waals surface area (Å²) in [5.41, 5.74) is 2.21. The monoisotopic (exact) mass is 512 g/mol. The topological polar surface area (TPSA) is 113 Å². The summed E-state index contributed by atoms with van der Waals surface area (Å²) in [6.45, 7) is 0.876. The van der Waals surface area contributed by atoms with Crippen LogP contribution in [0.4, 0.5) is 8.78 Å². The molecule has 5 aromatic heterocycles. The highest BCUT2D eigenvalue weighted by atomic mass is 32.1. The highest BCUT2D eigenvalue weighted by Crippen LogP contribution is 2.33. The second-order valence-electron chi connectivity index (χ2n) is 9.04. The maximum absolute atomic E-state index is 13.6. The normalized spacial score (nSPS) is 16.3. The Labute approximate surface area is 206 Å². The van der Waals surface area contributed by atoms with E-state index in [2.05, 4.69) is 25.5 Å². The lowest BCUT2D eigenvalue weighted by Gasteiger charge is -2.32. The van der Waals surface area contributed by atoms with Gasteiger partial charge in [0.1, 0.15) is 21.3 Å².